The Labute approximate surface area is 207 Å². The molecule has 4 nitrogen and oxygen atoms in total. The van der Waals surface area contributed by atoms with E-state index in [2.05, 4.69) is 0 Å². The summed E-state index contributed by atoms with van der Waals surface area (Å²) < 4.78 is 44.2. The van der Waals surface area contributed by atoms with Crippen LogP contribution in [0.15, 0.2) is 48.5 Å². The molecule has 2 aromatic carbocycles. The van der Waals surface area contributed by atoms with Crippen molar-refractivity contribution in [1.82, 2.24) is 4.98 Å². The lowest BCUT2D eigenvalue weighted by atomic mass is 10.1. The Hall–Kier alpha value is -3.13. The van der Waals surface area contributed by atoms with Crippen molar-refractivity contribution in [2.75, 3.05) is 0 Å². The zero-order valence-electron chi connectivity index (χ0n) is 20.0. The van der Waals surface area contributed by atoms with E-state index in [9.17, 15) is 23.1 Å². The molecule has 0 saturated carbocycles. The summed E-state index contributed by atoms with van der Waals surface area (Å²) in [6.07, 6.45) is -0.228. The highest BCUT2D eigenvalue weighted by molar-refractivity contribution is 7.15. The Morgan fingerprint density at radius 3 is 2.40 bits per heavy atom. The molecule has 0 fully saturated rings. The van der Waals surface area contributed by atoms with Gasteiger partial charge >= 0.3 is 12.1 Å². The molecule has 8 heteroatoms. The molecule has 3 rings (SSSR count). The topological polar surface area (TPSA) is 59.4 Å². The van der Waals surface area contributed by atoms with Crippen molar-refractivity contribution < 1.29 is 27.8 Å². The predicted molar refractivity (Wildman–Crippen MR) is 133 cm³/mol. The van der Waals surface area contributed by atoms with Gasteiger partial charge in [-0.2, -0.15) is 13.2 Å². The number of allylic oxidation sites excluding steroid dienone is 1. The first-order valence-electron chi connectivity index (χ1n) is 11.3. The lowest BCUT2D eigenvalue weighted by Gasteiger charge is -2.15. The fraction of sp³-hybridized carbons (Fsp3) is 0.333. The van der Waals surface area contributed by atoms with Gasteiger partial charge in [-0.15, -0.1) is 11.3 Å². The van der Waals surface area contributed by atoms with Crippen molar-refractivity contribution in [2.45, 2.75) is 58.7 Å². The van der Waals surface area contributed by atoms with E-state index in [1.165, 1.54) is 23.5 Å². The maximum absolute atomic E-state index is 12.9. The first kappa shape index (κ1) is 26.5. The molecule has 186 valence electrons. The van der Waals surface area contributed by atoms with E-state index in [4.69, 9.17) is 9.72 Å². The van der Waals surface area contributed by atoms with Gasteiger partial charge in [0, 0.05) is 16.9 Å². The summed E-state index contributed by atoms with van der Waals surface area (Å²) in [6.45, 7) is 7.72. The number of carbonyl (C=O) groups is 1. The number of halogens is 3. The number of ether oxygens (including phenoxy) is 1. The Morgan fingerprint density at radius 1 is 1.17 bits per heavy atom. The van der Waals surface area contributed by atoms with Gasteiger partial charge in [-0.1, -0.05) is 51.1 Å². The van der Waals surface area contributed by atoms with Gasteiger partial charge < -0.3 is 9.84 Å². The SMILES string of the molecule is CCC(Oc1ccc(C=CCc2sc(-c3ccc(C(F)(F)F)cc3)nc2C(C)C)cc1C)C(=O)O. The molecule has 0 spiro atoms. The van der Waals surface area contributed by atoms with Crippen LogP contribution < -0.4 is 4.74 Å². The summed E-state index contributed by atoms with van der Waals surface area (Å²) in [7, 11) is 0. The van der Waals surface area contributed by atoms with Crippen LogP contribution in [0.25, 0.3) is 16.6 Å². The van der Waals surface area contributed by atoms with Crippen molar-refractivity contribution in [3.8, 4) is 16.3 Å². The third-order valence-electron chi connectivity index (χ3n) is 5.46. The predicted octanol–water partition coefficient (Wildman–Crippen LogP) is 7.76. The van der Waals surface area contributed by atoms with Crippen molar-refractivity contribution in [2.24, 2.45) is 0 Å². The molecule has 0 aliphatic rings. The third kappa shape index (κ3) is 6.72. The maximum Gasteiger partial charge on any atom is 0.416 e. The first-order chi connectivity index (χ1) is 16.5. The molecular formula is C27H28F3NO3S. The summed E-state index contributed by atoms with van der Waals surface area (Å²) in [5.41, 5.74) is 2.73. The van der Waals surface area contributed by atoms with E-state index < -0.39 is 23.8 Å². The van der Waals surface area contributed by atoms with Crippen molar-refractivity contribution in [3.05, 3.63) is 75.8 Å². The van der Waals surface area contributed by atoms with Gasteiger partial charge in [0.2, 0.25) is 0 Å². The van der Waals surface area contributed by atoms with E-state index in [1.807, 2.05) is 45.1 Å². The van der Waals surface area contributed by atoms with E-state index in [0.29, 0.717) is 29.2 Å². The number of aryl methyl sites for hydroxylation is 1. The molecule has 0 bridgehead atoms. The van der Waals surface area contributed by atoms with Gasteiger partial charge in [-0.25, -0.2) is 9.78 Å². The molecule has 1 aromatic heterocycles. The van der Waals surface area contributed by atoms with E-state index in [-0.39, 0.29) is 5.92 Å². The third-order valence-corrected chi connectivity index (χ3v) is 6.60. The van der Waals surface area contributed by atoms with Gasteiger partial charge in [0.25, 0.3) is 0 Å². The number of benzene rings is 2. The van der Waals surface area contributed by atoms with Crippen LogP contribution >= 0.6 is 11.3 Å². The minimum Gasteiger partial charge on any atom is -0.479 e. The normalized spacial score (nSPS) is 12.9. The van der Waals surface area contributed by atoms with E-state index >= 15 is 0 Å². The zero-order valence-corrected chi connectivity index (χ0v) is 20.8. The summed E-state index contributed by atoms with van der Waals surface area (Å²) in [5.74, 6) is -0.267. The van der Waals surface area contributed by atoms with Crippen molar-refractivity contribution in [1.29, 1.82) is 0 Å². The molecule has 0 saturated heterocycles. The molecule has 0 amide bonds. The average molecular weight is 504 g/mol. The highest BCUT2D eigenvalue weighted by Crippen LogP contribution is 2.35. The highest BCUT2D eigenvalue weighted by Gasteiger charge is 2.30. The number of hydrogen-bond acceptors (Lipinski definition) is 4. The van der Waals surface area contributed by atoms with Crippen LogP contribution in [0.3, 0.4) is 0 Å². The van der Waals surface area contributed by atoms with Gasteiger partial charge in [-0.05, 0) is 54.7 Å². The molecule has 1 atom stereocenters. The Balaban J connectivity index is 1.76. The number of carboxylic acids is 1. The van der Waals surface area contributed by atoms with Crippen LogP contribution in [0.4, 0.5) is 13.2 Å². The second-order valence-electron chi connectivity index (χ2n) is 8.54. The van der Waals surface area contributed by atoms with Crippen LogP contribution in [-0.2, 0) is 17.4 Å². The number of alkyl halides is 3. The number of rotatable bonds is 9. The maximum atomic E-state index is 12.9. The van der Waals surface area contributed by atoms with Crippen LogP contribution in [0, 0.1) is 6.92 Å². The monoisotopic (exact) mass is 503 g/mol. The molecule has 1 unspecified atom stereocenters. The number of aliphatic carboxylic acids is 1. The Kier molecular flexibility index (Phi) is 8.38. The molecule has 0 radical (unpaired) electrons. The van der Waals surface area contributed by atoms with Crippen molar-refractivity contribution >= 4 is 23.4 Å². The van der Waals surface area contributed by atoms with Gasteiger partial charge in [0.15, 0.2) is 6.10 Å². The first-order valence-corrected chi connectivity index (χ1v) is 12.1. The van der Waals surface area contributed by atoms with Crippen LogP contribution in [0.1, 0.15) is 60.4 Å². The summed E-state index contributed by atoms with van der Waals surface area (Å²) in [4.78, 5) is 17.0. The molecule has 1 heterocycles. The van der Waals surface area contributed by atoms with Crippen LogP contribution in [0.2, 0.25) is 0 Å². The smallest absolute Gasteiger partial charge is 0.416 e. The number of thiazole rings is 1. The second kappa shape index (κ2) is 11.1. The summed E-state index contributed by atoms with van der Waals surface area (Å²) in [5, 5.41) is 9.90. The summed E-state index contributed by atoms with van der Waals surface area (Å²) in [6, 6.07) is 10.7. The highest BCUT2D eigenvalue weighted by atomic mass is 32.1. The Bertz CT molecular complexity index is 1200. The molecule has 1 N–H and O–H groups in total. The number of aromatic nitrogens is 1. The molecule has 35 heavy (non-hydrogen) atoms. The number of carboxylic acid groups (broad SMARTS) is 1. The largest absolute Gasteiger partial charge is 0.479 e. The fourth-order valence-corrected chi connectivity index (χ4v) is 4.76. The summed E-state index contributed by atoms with van der Waals surface area (Å²) >= 11 is 1.49. The number of nitrogens with zero attached hydrogens (tertiary/aromatic N) is 1. The van der Waals surface area contributed by atoms with Crippen LogP contribution in [-0.4, -0.2) is 22.2 Å². The standard InChI is InChI=1S/C27H28F3NO3S/c1-5-21(26(32)33)34-22-14-9-18(15-17(22)4)7-6-8-23-24(16(2)3)31-25(35-23)19-10-12-20(13-11-19)27(28,29)30/h6-7,9-16,21H,5,8H2,1-4H3,(H,32,33). The fourth-order valence-electron chi connectivity index (χ4n) is 3.56. The average Bonchev–Trinajstić information content (AvgIpc) is 3.22. The zero-order chi connectivity index (χ0) is 25.8. The minimum absolute atomic E-state index is 0.178. The van der Waals surface area contributed by atoms with E-state index in [1.54, 1.807) is 13.0 Å². The second-order valence-corrected chi connectivity index (χ2v) is 9.63. The lowest BCUT2D eigenvalue weighted by molar-refractivity contribution is -0.145. The Morgan fingerprint density at radius 2 is 1.86 bits per heavy atom. The molecule has 0 aliphatic carbocycles. The van der Waals surface area contributed by atoms with E-state index in [0.717, 1.165) is 33.8 Å². The molecular weight excluding hydrogens is 475 g/mol. The van der Waals surface area contributed by atoms with Crippen molar-refractivity contribution in [3.63, 3.8) is 0 Å². The van der Waals surface area contributed by atoms with Crippen LogP contribution in [0.5, 0.6) is 5.75 Å². The van der Waals surface area contributed by atoms with Gasteiger partial charge in [-0.3, -0.25) is 0 Å². The quantitative estimate of drug-likeness (QED) is 0.324. The van der Waals surface area contributed by atoms with Gasteiger partial charge in [0.05, 0.1) is 11.3 Å². The number of hydrogen-bond donors (Lipinski definition) is 1. The van der Waals surface area contributed by atoms with Gasteiger partial charge in [0.1, 0.15) is 10.8 Å². The molecule has 0 aliphatic heterocycles. The molecule has 3 aromatic rings. The minimum atomic E-state index is -4.36. The lowest BCUT2D eigenvalue weighted by Crippen LogP contribution is -2.26.